The normalized spacial score (nSPS) is 14.0. The van der Waals surface area contributed by atoms with Crippen molar-refractivity contribution in [1.29, 1.82) is 0 Å². The fraction of sp³-hybridized carbons (Fsp3) is 0.286. The van der Waals surface area contributed by atoms with E-state index in [0.29, 0.717) is 22.5 Å². The van der Waals surface area contributed by atoms with E-state index < -0.39 is 5.63 Å². The third-order valence-electron chi connectivity index (χ3n) is 4.97. The van der Waals surface area contributed by atoms with Gasteiger partial charge in [0.25, 0.3) is 5.91 Å². The minimum atomic E-state index is -0.448. The number of carbonyl (C=O) groups is 1. The quantitative estimate of drug-likeness (QED) is 0.534. The highest BCUT2D eigenvalue weighted by molar-refractivity contribution is 7.98. The van der Waals surface area contributed by atoms with Gasteiger partial charge in [-0.05, 0) is 49.6 Å². The highest BCUT2D eigenvalue weighted by Gasteiger charge is 2.19. The van der Waals surface area contributed by atoms with Crippen molar-refractivity contribution in [2.75, 3.05) is 13.1 Å². The van der Waals surface area contributed by atoms with Gasteiger partial charge in [-0.25, -0.2) is 9.78 Å². The predicted octanol–water partition coefficient (Wildman–Crippen LogP) is 3.73. The van der Waals surface area contributed by atoms with Gasteiger partial charge in [-0.15, -0.1) is 11.8 Å². The first kappa shape index (κ1) is 18.6. The Kier molecular flexibility index (Phi) is 5.09. The maximum Gasteiger partial charge on any atom is 0.336 e. The van der Waals surface area contributed by atoms with Gasteiger partial charge in [0.1, 0.15) is 11.3 Å². The fourth-order valence-electron chi connectivity index (χ4n) is 3.38. The standard InChI is InChI=1S/C21H20N2O4S/c1-13-17(24)6-5-16-15(10-19(25)27-20(13)16)12-28-18-7-4-14(11-22-18)21(26)23-8-2-3-9-23/h4-7,10-11,24H,2-3,8-9,12H2,1H3. The number of nitrogens with zero attached hydrogens (tertiary/aromatic N) is 2. The molecule has 1 saturated heterocycles. The SMILES string of the molecule is Cc1c(O)ccc2c(CSc3ccc(C(=O)N4CCCC4)cn3)cc(=O)oc12. The van der Waals surface area contributed by atoms with E-state index in [-0.39, 0.29) is 11.7 Å². The van der Waals surface area contributed by atoms with Crippen LogP contribution in [0.1, 0.15) is 34.3 Å². The molecule has 28 heavy (non-hydrogen) atoms. The lowest BCUT2D eigenvalue weighted by Crippen LogP contribution is -2.27. The van der Waals surface area contributed by atoms with Gasteiger partial charge in [0.15, 0.2) is 0 Å². The summed E-state index contributed by atoms with van der Waals surface area (Å²) < 4.78 is 5.27. The summed E-state index contributed by atoms with van der Waals surface area (Å²) in [5, 5.41) is 11.4. The fourth-order valence-corrected chi connectivity index (χ4v) is 4.22. The molecule has 6 nitrogen and oxygen atoms in total. The molecule has 0 spiro atoms. The van der Waals surface area contributed by atoms with Crippen LogP contribution < -0.4 is 5.63 Å². The van der Waals surface area contributed by atoms with Gasteiger partial charge in [-0.3, -0.25) is 4.79 Å². The molecule has 2 aromatic heterocycles. The van der Waals surface area contributed by atoms with Gasteiger partial charge < -0.3 is 14.4 Å². The van der Waals surface area contributed by atoms with Gasteiger partial charge in [0, 0.05) is 42.1 Å². The van der Waals surface area contributed by atoms with Crippen LogP contribution in [0.15, 0.2) is 50.8 Å². The number of amides is 1. The van der Waals surface area contributed by atoms with E-state index in [0.717, 1.165) is 41.9 Å². The monoisotopic (exact) mass is 396 g/mol. The smallest absolute Gasteiger partial charge is 0.336 e. The number of phenols is 1. The van der Waals surface area contributed by atoms with E-state index >= 15 is 0 Å². The van der Waals surface area contributed by atoms with Crippen LogP contribution in [0.25, 0.3) is 11.0 Å². The molecule has 1 N–H and O–H groups in total. The van der Waals surface area contributed by atoms with Crippen LogP contribution in [0.2, 0.25) is 0 Å². The second-order valence-corrected chi connectivity index (χ2v) is 7.85. The molecule has 3 aromatic rings. The number of pyridine rings is 1. The van der Waals surface area contributed by atoms with E-state index in [4.69, 9.17) is 4.42 Å². The molecule has 0 bridgehead atoms. The Balaban J connectivity index is 1.52. The third kappa shape index (κ3) is 3.62. The highest BCUT2D eigenvalue weighted by Crippen LogP contribution is 2.30. The summed E-state index contributed by atoms with van der Waals surface area (Å²) in [6, 6.07) is 8.45. The van der Waals surface area contributed by atoms with E-state index in [1.165, 1.54) is 17.8 Å². The summed E-state index contributed by atoms with van der Waals surface area (Å²) in [6.45, 7) is 3.34. The summed E-state index contributed by atoms with van der Waals surface area (Å²) in [4.78, 5) is 30.6. The molecule has 1 aliphatic rings. The molecule has 0 saturated carbocycles. The van der Waals surface area contributed by atoms with E-state index in [1.807, 2.05) is 11.0 Å². The molecule has 1 aromatic carbocycles. The number of aromatic hydroxyl groups is 1. The Morgan fingerprint density at radius 2 is 2.04 bits per heavy atom. The number of fused-ring (bicyclic) bond motifs is 1. The van der Waals surface area contributed by atoms with Gasteiger partial charge in [-0.2, -0.15) is 0 Å². The van der Waals surface area contributed by atoms with Crippen LogP contribution in [-0.2, 0) is 5.75 Å². The second-order valence-electron chi connectivity index (χ2n) is 6.85. The molecular weight excluding hydrogens is 376 g/mol. The second kappa shape index (κ2) is 7.67. The van der Waals surface area contributed by atoms with E-state index in [2.05, 4.69) is 4.98 Å². The molecule has 0 unspecified atom stereocenters. The van der Waals surface area contributed by atoms with Crippen molar-refractivity contribution in [3.8, 4) is 5.75 Å². The average molecular weight is 396 g/mol. The lowest BCUT2D eigenvalue weighted by molar-refractivity contribution is 0.0792. The summed E-state index contributed by atoms with van der Waals surface area (Å²) >= 11 is 1.48. The van der Waals surface area contributed by atoms with Gasteiger partial charge in [-0.1, -0.05) is 0 Å². The highest BCUT2D eigenvalue weighted by atomic mass is 32.2. The van der Waals surface area contributed by atoms with Crippen molar-refractivity contribution in [2.24, 2.45) is 0 Å². The molecule has 0 atom stereocenters. The zero-order valence-corrected chi connectivity index (χ0v) is 16.3. The number of hydrogen-bond acceptors (Lipinski definition) is 6. The lowest BCUT2D eigenvalue weighted by Gasteiger charge is -2.14. The Morgan fingerprint density at radius 1 is 1.25 bits per heavy atom. The van der Waals surface area contributed by atoms with Crippen LogP contribution in [0.4, 0.5) is 0 Å². The molecule has 144 valence electrons. The first-order valence-corrected chi connectivity index (χ1v) is 10.1. The van der Waals surface area contributed by atoms with Crippen molar-refractivity contribution in [1.82, 2.24) is 9.88 Å². The largest absolute Gasteiger partial charge is 0.508 e. The van der Waals surface area contributed by atoms with Gasteiger partial charge in [0.2, 0.25) is 0 Å². The zero-order valence-electron chi connectivity index (χ0n) is 15.5. The van der Waals surface area contributed by atoms with Crippen LogP contribution >= 0.6 is 11.8 Å². The van der Waals surface area contributed by atoms with Crippen molar-refractivity contribution < 1.29 is 14.3 Å². The van der Waals surface area contributed by atoms with Crippen LogP contribution in [0.5, 0.6) is 5.75 Å². The van der Waals surface area contributed by atoms with Gasteiger partial charge >= 0.3 is 5.63 Å². The number of likely N-dealkylation sites (tertiary alicyclic amines) is 1. The molecule has 1 fully saturated rings. The Morgan fingerprint density at radius 3 is 2.75 bits per heavy atom. The molecule has 4 rings (SSSR count). The molecule has 1 amide bonds. The first-order valence-electron chi connectivity index (χ1n) is 9.16. The molecular formula is C21H20N2O4S. The van der Waals surface area contributed by atoms with E-state index in [9.17, 15) is 14.7 Å². The molecule has 0 aliphatic carbocycles. The zero-order chi connectivity index (χ0) is 19.7. The number of aromatic nitrogens is 1. The third-order valence-corrected chi connectivity index (χ3v) is 5.96. The maximum absolute atomic E-state index is 12.4. The number of phenolic OH excluding ortho intramolecular Hbond substituents is 1. The summed E-state index contributed by atoms with van der Waals surface area (Å²) in [5.41, 5.74) is 1.92. The summed E-state index contributed by atoms with van der Waals surface area (Å²) in [5.74, 6) is 0.655. The maximum atomic E-state index is 12.4. The predicted molar refractivity (Wildman–Crippen MR) is 108 cm³/mol. The van der Waals surface area contributed by atoms with Crippen molar-refractivity contribution in [2.45, 2.75) is 30.5 Å². The van der Waals surface area contributed by atoms with Crippen molar-refractivity contribution >= 4 is 28.6 Å². The number of benzene rings is 1. The number of thioether (sulfide) groups is 1. The minimum Gasteiger partial charge on any atom is -0.508 e. The van der Waals surface area contributed by atoms with Crippen LogP contribution in [0, 0.1) is 6.92 Å². The Bertz CT molecular complexity index is 1090. The average Bonchev–Trinajstić information content (AvgIpc) is 3.24. The molecule has 3 heterocycles. The number of hydrogen-bond donors (Lipinski definition) is 1. The van der Waals surface area contributed by atoms with E-state index in [1.54, 1.807) is 31.3 Å². The summed E-state index contributed by atoms with van der Waals surface area (Å²) in [7, 11) is 0. The number of carbonyl (C=O) groups excluding carboxylic acids is 1. The summed E-state index contributed by atoms with van der Waals surface area (Å²) in [6.07, 6.45) is 3.73. The topological polar surface area (TPSA) is 83.6 Å². The molecule has 1 aliphatic heterocycles. The molecule has 7 heteroatoms. The van der Waals surface area contributed by atoms with Crippen LogP contribution in [0.3, 0.4) is 0 Å². The lowest BCUT2D eigenvalue weighted by atomic mass is 10.1. The Hall–Kier alpha value is -2.80. The minimum absolute atomic E-state index is 0.0310. The number of aryl methyl sites for hydroxylation is 1. The Labute approximate surface area is 166 Å². The first-order chi connectivity index (χ1) is 13.5. The molecule has 0 radical (unpaired) electrons. The van der Waals surface area contributed by atoms with Crippen LogP contribution in [-0.4, -0.2) is 34.0 Å². The van der Waals surface area contributed by atoms with Crippen molar-refractivity contribution in [3.63, 3.8) is 0 Å². The number of rotatable bonds is 4. The van der Waals surface area contributed by atoms with Crippen molar-refractivity contribution in [3.05, 3.63) is 63.6 Å². The van der Waals surface area contributed by atoms with Gasteiger partial charge in [0.05, 0.1) is 10.6 Å².